The van der Waals surface area contributed by atoms with Gasteiger partial charge in [-0.2, -0.15) is 4.98 Å². The fourth-order valence-corrected chi connectivity index (χ4v) is 3.40. The lowest BCUT2D eigenvalue weighted by molar-refractivity contribution is -0.143. The summed E-state index contributed by atoms with van der Waals surface area (Å²) in [5.41, 5.74) is 0. The Morgan fingerprint density at radius 3 is 2.83 bits per heavy atom. The molecule has 0 radical (unpaired) electrons. The first-order chi connectivity index (χ1) is 11.1. The Hall–Kier alpha value is -1.92. The predicted octanol–water partition coefficient (Wildman–Crippen LogP) is 1.83. The third-order valence-corrected chi connectivity index (χ3v) is 4.65. The minimum atomic E-state index is -0.153. The van der Waals surface area contributed by atoms with Crippen LogP contribution in [0.15, 0.2) is 4.52 Å². The molecule has 3 heterocycles. The molecule has 7 heteroatoms. The molecule has 1 aromatic heterocycles. The molecule has 3 rings (SSSR count). The highest BCUT2D eigenvalue weighted by Crippen LogP contribution is 2.30. The van der Waals surface area contributed by atoms with E-state index >= 15 is 0 Å². The molecule has 2 fully saturated rings. The third kappa shape index (κ3) is 3.71. The van der Waals surface area contributed by atoms with E-state index in [1.165, 1.54) is 0 Å². The number of piperidine rings is 1. The Morgan fingerprint density at radius 1 is 1.22 bits per heavy atom. The van der Waals surface area contributed by atoms with Crippen molar-refractivity contribution < 1.29 is 14.1 Å². The van der Waals surface area contributed by atoms with Gasteiger partial charge < -0.3 is 14.3 Å². The van der Waals surface area contributed by atoms with E-state index in [0.717, 1.165) is 38.5 Å². The molecule has 0 spiro atoms. The Kier molecular flexibility index (Phi) is 4.93. The lowest BCUT2D eigenvalue weighted by atomic mass is 10.0. The van der Waals surface area contributed by atoms with Crippen molar-refractivity contribution >= 4 is 11.8 Å². The first-order valence-corrected chi connectivity index (χ1v) is 8.52. The van der Waals surface area contributed by atoms with Gasteiger partial charge in [0.1, 0.15) is 6.04 Å². The molecule has 0 N–H and O–H groups in total. The van der Waals surface area contributed by atoms with E-state index < -0.39 is 0 Å². The quantitative estimate of drug-likeness (QED) is 0.849. The van der Waals surface area contributed by atoms with Crippen LogP contribution in [0, 0.1) is 6.92 Å². The summed E-state index contributed by atoms with van der Waals surface area (Å²) in [6.45, 7) is 3.32. The van der Waals surface area contributed by atoms with Crippen molar-refractivity contribution in [3.63, 3.8) is 0 Å². The summed E-state index contributed by atoms with van der Waals surface area (Å²) < 4.78 is 5.28. The van der Waals surface area contributed by atoms with Crippen molar-refractivity contribution in [1.29, 1.82) is 0 Å². The average Bonchev–Trinajstić information content (AvgIpc) is 2.89. The number of aromatic nitrogens is 2. The molecule has 23 heavy (non-hydrogen) atoms. The molecule has 1 aromatic rings. The summed E-state index contributed by atoms with van der Waals surface area (Å²) in [6, 6.07) is -0.153. The Morgan fingerprint density at radius 2 is 2.04 bits per heavy atom. The minimum Gasteiger partial charge on any atom is -0.337 e. The molecule has 1 atom stereocenters. The fraction of sp³-hybridized carbons (Fsp3) is 0.750. The second-order valence-corrected chi connectivity index (χ2v) is 6.40. The van der Waals surface area contributed by atoms with Crippen LogP contribution in [0.5, 0.6) is 0 Å². The molecule has 7 nitrogen and oxygen atoms in total. The second kappa shape index (κ2) is 7.10. The van der Waals surface area contributed by atoms with Gasteiger partial charge in [0.25, 0.3) is 0 Å². The van der Waals surface area contributed by atoms with Crippen LogP contribution in [0.3, 0.4) is 0 Å². The van der Waals surface area contributed by atoms with Crippen molar-refractivity contribution in [3.05, 3.63) is 11.7 Å². The van der Waals surface area contributed by atoms with Gasteiger partial charge in [-0.25, -0.2) is 0 Å². The normalized spacial score (nSPS) is 23.0. The van der Waals surface area contributed by atoms with Gasteiger partial charge in [0.15, 0.2) is 5.82 Å². The summed E-state index contributed by atoms with van der Waals surface area (Å²) in [7, 11) is 0. The maximum Gasteiger partial charge on any atom is 0.249 e. The van der Waals surface area contributed by atoms with Gasteiger partial charge in [-0.3, -0.25) is 9.59 Å². The van der Waals surface area contributed by atoms with Crippen LogP contribution in [-0.2, 0) is 9.59 Å². The number of hydrogen-bond acceptors (Lipinski definition) is 5. The maximum absolute atomic E-state index is 12.8. The van der Waals surface area contributed by atoms with Gasteiger partial charge in [-0.05, 0) is 39.0 Å². The highest BCUT2D eigenvalue weighted by atomic mass is 16.5. The van der Waals surface area contributed by atoms with E-state index in [1.807, 2.05) is 4.90 Å². The molecule has 0 aromatic carbocycles. The van der Waals surface area contributed by atoms with E-state index in [2.05, 4.69) is 10.1 Å². The molecule has 2 aliphatic heterocycles. The number of carbonyl (C=O) groups is 2. The molecule has 0 saturated carbocycles. The van der Waals surface area contributed by atoms with Crippen LogP contribution >= 0.6 is 0 Å². The molecule has 2 saturated heterocycles. The molecule has 2 amide bonds. The van der Waals surface area contributed by atoms with Crippen LogP contribution < -0.4 is 0 Å². The lowest BCUT2D eigenvalue weighted by Gasteiger charge is -2.35. The number of aryl methyl sites for hydroxylation is 1. The van der Waals surface area contributed by atoms with Crippen molar-refractivity contribution in [2.45, 2.75) is 57.9 Å². The number of rotatable bonds is 3. The number of hydrogen-bond donors (Lipinski definition) is 0. The summed E-state index contributed by atoms with van der Waals surface area (Å²) in [5, 5.41) is 3.84. The summed E-state index contributed by atoms with van der Waals surface area (Å²) in [4.78, 5) is 32.7. The van der Waals surface area contributed by atoms with Gasteiger partial charge in [0.2, 0.25) is 17.7 Å². The van der Waals surface area contributed by atoms with E-state index in [9.17, 15) is 9.59 Å². The largest absolute Gasteiger partial charge is 0.337 e. The van der Waals surface area contributed by atoms with Gasteiger partial charge in [0, 0.05) is 19.5 Å². The first-order valence-electron chi connectivity index (χ1n) is 8.52. The van der Waals surface area contributed by atoms with Crippen molar-refractivity contribution in [3.8, 4) is 0 Å². The molecular weight excluding hydrogens is 296 g/mol. The van der Waals surface area contributed by atoms with Gasteiger partial charge in [-0.1, -0.05) is 11.6 Å². The minimum absolute atomic E-state index is 0.0131. The highest BCUT2D eigenvalue weighted by Gasteiger charge is 2.33. The number of nitrogens with zero attached hydrogens (tertiary/aromatic N) is 4. The van der Waals surface area contributed by atoms with E-state index in [1.54, 1.807) is 11.8 Å². The monoisotopic (exact) mass is 320 g/mol. The van der Waals surface area contributed by atoms with Crippen molar-refractivity contribution in [2.75, 3.05) is 19.6 Å². The van der Waals surface area contributed by atoms with Crippen LogP contribution in [0.2, 0.25) is 0 Å². The second-order valence-electron chi connectivity index (χ2n) is 6.40. The summed E-state index contributed by atoms with van der Waals surface area (Å²) in [5.74, 6) is 1.18. The first kappa shape index (κ1) is 16.0. The van der Waals surface area contributed by atoms with Gasteiger partial charge in [-0.15, -0.1) is 0 Å². The van der Waals surface area contributed by atoms with E-state index in [-0.39, 0.29) is 24.4 Å². The standard InChI is InChI=1S/C16H24N4O3/c1-12-17-16(23-18-12)13-7-4-6-10-20(13)15(22)11-19-9-5-2-3-8-14(19)21/h13H,2-11H2,1H3. The number of carbonyl (C=O) groups excluding carboxylic acids is 2. The van der Waals surface area contributed by atoms with E-state index in [0.29, 0.717) is 31.2 Å². The smallest absolute Gasteiger partial charge is 0.249 e. The SMILES string of the molecule is Cc1noc(C2CCCCN2C(=O)CN2CCCCCC2=O)n1. The molecule has 126 valence electrons. The van der Waals surface area contributed by atoms with Crippen LogP contribution in [-0.4, -0.2) is 51.4 Å². The van der Waals surface area contributed by atoms with E-state index in [4.69, 9.17) is 4.52 Å². The Bertz CT molecular complexity index is 571. The van der Waals surface area contributed by atoms with Gasteiger partial charge >= 0.3 is 0 Å². The van der Waals surface area contributed by atoms with Crippen molar-refractivity contribution in [1.82, 2.24) is 19.9 Å². The number of likely N-dealkylation sites (tertiary alicyclic amines) is 2. The lowest BCUT2D eigenvalue weighted by Crippen LogP contribution is -2.46. The summed E-state index contributed by atoms with van der Waals surface area (Å²) in [6.07, 6.45) is 6.37. The van der Waals surface area contributed by atoms with Crippen molar-refractivity contribution in [2.24, 2.45) is 0 Å². The average molecular weight is 320 g/mol. The molecular formula is C16H24N4O3. The molecule has 0 bridgehead atoms. The zero-order valence-electron chi connectivity index (χ0n) is 13.7. The molecule has 0 aliphatic carbocycles. The predicted molar refractivity (Wildman–Crippen MR) is 82.4 cm³/mol. The molecule has 2 aliphatic rings. The fourth-order valence-electron chi connectivity index (χ4n) is 3.40. The number of amides is 2. The Balaban J connectivity index is 1.69. The zero-order valence-corrected chi connectivity index (χ0v) is 13.7. The third-order valence-electron chi connectivity index (χ3n) is 4.65. The maximum atomic E-state index is 12.8. The van der Waals surface area contributed by atoms with Gasteiger partial charge in [0.05, 0.1) is 6.54 Å². The van der Waals surface area contributed by atoms with Crippen LogP contribution in [0.1, 0.15) is 62.7 Å². The van der Waals surface area contributed by atoms with Crippen LogP contribution in [0.4, 0.5) is 0 Å². The highest BCUT2D eigenvalue weighted by molar-refractivity contribution is 5.85. The topological polar surface area (TPSA) is 79.5 Å². The Labute approximate surface area is 136 Å². The zero-order chi connectivity index (χ0) is 16.2. The molecule has 1 unspecified atom stereocenters. The summed E-state index contributed by atoms with van der Waals surface area (Å²) >= 11 is 0. The van der Waals surface area contributed by atoms with Crippen LogP contribution in [0.25, 0.3) is 0 Å².